The van der Waals surface area contributed by atoms with Crippen LogP contribution in [0, 0.1) is 0 Å². The standard InChI is InChI=1S/C88H57N5O2/c1-55(18-16-19-56(2)91-76-28-10-6-24-66(76)67-25-7-11-29-77(67)91)58-36-42-84-72(49-58)73-53-63(38-44-85(73)94-84)60-34-40-80-70(50-60)71-51-61(35-41-81(71)93(80)83-33-15-14-32-82(83)90-47-46-89-88(90)57-20-4-3-5-21-57)64-39-45-87-75(54-64)74-52-62(37-43-86(74)95-87)59-22-17-23-65(48-59)92-78-30-12-8-26-68(78)69-27-9-13-31-79(69)92/h3-54H,1H2,2H3/b18-16-,56-19+. The minimum Gasteiger partial charge on any atom is -0.456 e. The zero-order chi connectivity index (χ0) is 62.8. The van der Waals surface area contributed by atoms with E-state index in [0.29, 0.717) is 0 Å². The summed E-state index contributed by atoms with van der Waals surface area (Å²) in [6.07, 6.45) is 10.3. The van der Waals surface area contributed by atoms with Crippen LogP contribution in [0.2, 0.25) is 0 Å². The Morgan fingerprint density at radius 2 is 0.789 bits per heavy atom. The molecule has 13 aromatic carbocycles. The number of imidazole rings is 1. The summed E-state index contributed by atoms with van der Waals surface area (Å²) < 4.78 is 22.5. The first-order chi connectivity index (χ1) is 46.9. The molecule has 0 aliphatic carbocycles. The molecule has 6 heterocycles. The minimum atomic E-state index is 0.834. The molecule has 0 spiro atoms. The Morgan fingerprint density at radius 3 is 1.36 bits per heavy atom. The van der Waals surface area contributed by atoms with Crippen molar-refractivity contribution in [3.63, 3.8) is 0 Å². The molecule has 0 saturated carbocycles. The summed E-state index contributed by atoms with van der Waals surface area (Å²) in [7, 11) is 0. The second-order valence-corrected chi connectivity index (χ2v) is 24.8. The van der Waals surface area contributed by atoms with Gasteiger partial charge in [0, 0.05) is 83.2 Å². The van der Waals surface area contributed by atoms with E-state index in [1.165, 1.54) is 43.6 Å². The summed E-state index contributed by atoms with van der Waals surface area (Å²) in [6, 6.07) is 103. The van der Waals surface area contributed by atoms with Crippen LogP contribution >= 0.6 is 0 Å². The fourth-order valence-corrected chi connectivity index (χ4v) is 14.9. The van der Waals surface area contributed by atoms with Crippen LogP contribution < -0.4 is 0 Å². The number of benzene rings is 13. The Labute approximate surface area is 546 Å². The van der Waals surface area contributed by atoms with E-state index in [1.54, 1.807) is 0 Å². The third kappa shape index (κ3) is 8.71. The van der Waals surface area contributed by atoms with Gasteiger partial charge in [0.05, 0.1) is 44.5 Å². The van der Waals surface area contributed by atoms with Crippen LogP contribution in [0.3, 0.4) is 0 Å². The second-order valence-electron chi connectivity index (χ2n) is 24.8. The first-order valence-corrected chi connectivity index (χ1v) is 32.2. The van der Waals surface area contributed by atoms with E-state index in [1.807, 2.05) is 12.3 Å². The molecule has 0 unspecified atom stereocenters. The number of para-hydroxylation sites is 6. The minimum absolute atomic E-state index is 0.834. The molecule has 0 amide bonds. The normalized spacial score (nSPS) is 12.3. The zero-order valence-electron chi connectivity index (χ0n) is 51.8. The molecule has 446 valence electrons. The van der Waals surface area contributed by atoms with Gasteiger partial charge in [-0.25, -0.2) is 4.98 Å². The number of hydrogen-bond donors (Lipinski definition) is 0. The lowest BCUT2D eigenvalue weighted by molar-refractivity contribution is 0.668. The van der Waals surface area contributed by atoms with Gasteiger partial charge in [-0.15, -0.1) is 0 Å². The highest BCUT2D eigenvalue weighted by Gasteiger charge is 2.22. The number of allylic oxidation sites excluding steroid dienone is 5. The summed E-state index contributed by atoms with van der Waals surface area (Å²) in [6.45, 7) is 6.72. The second kappa shape index (κ2) is 21.5. The highest BCUT2D eigenvalue weighted by atomic mass is 16.3. The van der Waals surface area contributed by atoms with Crippen LogP contribution in [0.4, 0.5) is 0 Å². The number of fused-ring (bicyclic) bond motifs is 15. The van der Waals surface area contributed by atoms with Gasteiger partial charge in [-0.2, -0.15) is 0 Å². The summed E-state index contributed by atoms with van der Waals surface area (Å²) >= 11 is 0. The van der Waals surface area contributed by atoms with E-state index in [0.717, 1.165) is 144 Å². The summed E-state index contributed by atoms with van der Waals surface area (Å²) in [5.74, 6) is 0.874. The summed E-state index contributed by atoms with van der Waals surface area (Å²) in [5.41, 5.74) is 24.3. The zero-order valence-corrected chi connectivity index (χ0v) is 51.8. The Bertz CT molecular complexity index is 6340. The number of rotatable bonds is 11. The smallest absolute Gasteiger partial charge is 0.144 e. The van der Waals surface area contributed by atoms with Gasteiger partial charge in [-0.3, -0.25) is 4.57 Å². The summed E-state index contributed by atoms with van der Waals surface area (Å²) in [5, 5.41) is 11.5. The molecule has 0 bridgehead atoms. The molecule has 19 rings (SSSR count). The van der Waals surface area contributed by atoms with Crippen molar-refractivity contribution in [2.24, 2.45) is 0 Å². The SMILES string of the molecule is C=C(/C=C\C=C(/C)n1c2ccccc2c2ccccc21)c1ccc2oc3ccc(-c4ccc5c(c4)c4cc(-c6ccc7oc8ccc(-c9cccc(-n%10c%11ccccc%11c%11ccccc%11%10)c9)cc8c7c6)ccc4n5-c4ccccc4-n4ccnc4-c4ccccc4)cc3c2c1. The fraction of sp³-hybridized carbons (Fsp3) is 0.0114. The molecule has 0 atom stereocenters. The van der Waals surface area contributed by atoms with Gasteiger partial charge in [0.25, 0.3) is 0 Å². The van der Waals surface area contributed by atoms with E-state index in [4.69, 9.17) is 13.8 Å². The van der Waals surface area contributed by atoms with Crippen molar-refractivity contribution in [3.8, 4) is 61.8 Å². The lowest BCUT2D eigenvalue weighted by atomic mass is 9.97. The van der Waals surface area contributed by atoms with Crippen molar-refractivity contribution < 1.29 is 8.83 Å². The van der Waals surface area contributed by atoms with Crippen LogP contribution in [-0.2, 0) is 0 Å². The van der Waals surface area contributed by atoms with E-state index < -0.39 is 0 Å². The molecule has 0 fully saturated rings. The molecule has 19 aromatic rings. The maximum atomic E-state index is 6.61. The molecule has 0 saturated heterocycles. The van der Waals surface area contributed by atoms with Crippen molar-refractivity contribution in [2.75, 3.05) is 0 Å². The molecular formula is C88H57N5O2. The third-order valence-electron chi connectivity index (χ3n) is 19.4. The van der Waals surface area contributed by atoms with Crippen LogP contribution in [0.5, 0.6) is 0 Å². The Kier molecular flexibility index (Phi) is 12.2. The molecule has 0 aliphatic heterocycles. The van der Waals surface area contributed by atoms with Crippen molar-refractivity contribution in [1.29, 1.82) is 0 Å². The fourth-order valence-electron chi connectivity index (χ4n) is 14.9. The summed E-state index contributed by atoms with van der Waals surface area (Å²) in [4.78, 5) is 4.91. The highest BCUT2D eigenvalue weighted by Crippen LogP contribution is 2.43. The average molecular weight is 1220 g/mol. The number of nitrogens with zero attached hydrogens (tertiary/aromatic N) is 5. The molecule has 7 nitrogen and oxygen atoms in total. The quantitative estimate of drug-likeness (QED) is 0.121. The van der Waals surface area contributed by atoms with E-state index in [2.05, 4.69) is 335 Å². The van der Waals surface area contributed by atoms with Gasteiger partial charge in [0.15, 0.2) is 0 Å². The van der Waals surface area contributed by atoms with E-state index in [9.17, 15) is 0 Å². The molecule has 0 aliphatic rings. The van der Waals surface area contributed by atoms with Crippen LogP contribution in [0.25, 0.3) is 182 Å². The van der Waals surface area contributed by atoms with Gasteiger partial charge < -0.3 is 22.5 Å². The Morgan fingerprint density at radius 1 is 0.358 bits per heavy atom. The number of aromatic nitrogens is 5. The topological polar surface area (TPSA) is 58.9 Å². The third-order valence-corrected chi connectivity index (χ3v) is 19.4. The first kappa shape index (κ1) is 54.1. The number of hydrogen-bond acceptors (Lipinski definition) is 3. The van der Waals surface area contributed by atoms with E-state index in [-0.39, 0.29) is 0 Å². The van der Waals surface area contributed by atoms with Crippen molar-refractivity contribution >= 4 is 121 Å². The largest absolute Gasteiger partial charge is 0.456 e. The predicted octanol–water partition coefficient (Wildman–Crippen LogP) is 23.8. The van der Waals surface area contributed by atoms with Crippen LogP contribution in [0.15, 0.2) is 331 Å². The lowest BCUT2D eigenvalue weighted by Crippen LogP contribution is -2.04. The molecular weight excluding hydrogens is 1160 g/mol. The maximum Gasteiger partial charge on any atom is 0.144 e. The van der Waals surface area contributed by atoms with Crippen LogP contribution in [0.1, 0.15) is 12.5 Å². The van der Waals surface area contributed by atoms with Gasteiger partial charge in [0.1, 0.15) is 28.2 Å². The van der Waals surface area contributed by atoms with Crippen LogP contribution in [-0.4, -0.2) is 23.3 Å². The van der Waals surface area contributed by atoms with Crippen molar-refractivity contribution in [2.45, 2.75) is 6.92 Å². The molecule has 0 N–H and O–H groups in total. The molecule has 6 aromatic heterocycles. The van der Waals surface area contributed by atoms with Gasteiger partial charge >= 0.3 is 0 Å². The average Bonchev–Trinajstić information content (AvgIpc) is 1.59. The van der Waals surface area contributed by atoms with Crippen molar-refractivity contribution in [3.05, 3.63) is 328 Å². The molecule has 0 radical (unpaired) electrons. The molecule has 95 heavy (non-hydrogen) atoms. The Hall–Kier alpha value is -12.7. The van der Waals surface area contributed by atoms with Crippen molar-refractivity contribution in [1.82, 2.24) is 23.3 Å². The Balaban J connectivity index is 0.712. The first-order valence-electron chi connectivity index (χ1n) is 32.2. The number of furan rings is 2. The maximum absolute atomic E-state index is 6.61. The van der Waals surface area contributed by atoms with E-state index >= 15 is 0 Å². The predicted molar refractivity (Wildman–Crippen MR) is 396 cm³/mol. The lowest BCUT2D eigenvalue weighted by Gasteiger charge is -2.16. The van der Waals surface area contributed by atoms with Gasteiger partial charge in [-0.05, 0) is 179 Å². The molecule has 7 heteroatoms. The van der Waals surface area contributed by atoms with Gasteiger partial charge in [0.2, 0.25) is 0 Å². The monoisotopic (exact) mass is 1220 g/mol. The van der Waals surface area contributed by atoms with Gasteiger partial charge in [-0.1, -0.05) is 183 Å². The highest BCUT2D eigenvalue weighted by molar-refractivity contribution is 6.15.